The average molecular weight is 660 g/mol. The number of halogens is 1. The van der Waals surface area contributed by atoms with Gasteiger partial charge in [-0.1, -0.05) is 54.6 Å². The van der Waals surface area contributed by atoms with Crippen LogP contribution < -0.4 is 14.4 Å². The Morgan fingerprint density at radius 1 is 0.872 bits per heavy atom. The first kappa shape index (κ1) is 35.2. The van der Waals surface area contributed by atoms with Crippen LogP contribution in [0.15, 0.2) is 108 Å². The van der Waals surface area contributed by atoms with Gasteiger partial charge in [-0.25, -0.2) is 12.8 Å². The molecule has 0 aromatic heterocycles. The number of nitrogens with one attached hydrogen (secondary N) is 1. The Balaban J connectivity index is 1.82. The predicted octanol–water partition coefficient (Wildman–Crippen LogP) is 6.28. The minimum Gasteiger partial charge on any atom is -0.494 e. The minimum absolute atomic E-state index is 0.0638. The van der Waals surface area contributed by atoms with E-state index in [4.69, 9.17) is 4.74 Å². The van der Waals surface area contributed by atoms with Gasteiger partial charge >= 0.3 is 0 Å². The minimum atomic E-state index is -4.36. The molecule has 10 heteroatoms. The van der Waals surface area contributed by atoms with E-state index in [0.717, 1.165) is 45.3 Å². The summed E-state index contributed by atoms with van der Waals surface area (Å²) in [5.41, 5.74) is 2.19. The van der Waals surface area contributed by atoms with E-state index in [1.807, 2.05) is 89.2 Å². The Kier molecular flexibility index (Phi) is 11.4. The number of hydrogen-bond acceptors (Lipinski definition) is 5. The van der Waals surface area contributed by atoms with E-state index in [1.165, 1.54) is 4.90 Å². The number of benzene rings is 4. The number of rotatable bonds is 13. The van der Waals surface area contributed by atoms with Gasteiger partial charge in [0.05, 0.1) is 17.2 Å². The highest BCUT2D eigenvalue weighted by Crippen LogP contribution is 2.27. The van der Waals surface area contributed by atoms with Crippen molar-refractivity contribution in [3.8, 4) is 5.75 Å². The fourth-order valence-corrected chi connectivity index (χ4v) is 6.53. The number of hydrogen-bond donors (Lipinski definition) is 1. The molecule has 2 amide bonds. The smallest absolute Gasteiger partial charge is 0.264 e. The van der Waals surface area contributed by atoms with Crippen molar-refractivity contribution >= 4 is 27.5 Å². The molecular weight excluding hydrogens is 617 g/mol. The zero-order valence-electron chi connectivity index (χ0n) is 27.4. The standard InChI is InChI=1S/C37H42FN3O5S/c1-6-46-32-20-18-31(19-21-32)41(47(44,45)33-22-16-30(38)17-23-33)26-35(42)40(25-29-15-11-10-12-27(29)2)34(36(43)39-37(3,4)5)24-28-13-8-7-9-14-28/h7-23,34H,6,24-26H2,1-5H3,(H,39,43)/t34-/m0/s1. The summed E-state index contributed by atoms with van der Waals surface area (Å²) in [6, 6.07) is 26.8. The summed E-state index contributed by atoms with van der Waals surface area (Å²) in [7, 11) is -4.36. The second kappa shape index (κ2) is 15.3. The largest absolute Gasteiger partial charge is 0.494 e. The molecule has 0 saturated carbocycles. The maximum atomic E-state index is 14.6. The summed E-state index contributed by atoms with van der Waals surface area (Å²) in [6.45, 7) is 9.21. The van der Waals surface area contributed by atoms with Gasteiger partial charge in [0.1, 0.15) is 24.2 Å². The quantitative estimate of drug-likeness (QED) is 0.182. The number of anilines is 1. The SMILES string of the molecule is CCOc1ccc(N(CC(=O)N(Cc2ccccc2C)[C@@H](Cc2ccccc2)C(=O)NC(C)(C)C)S(=O)(=O)c2ccc(F)cc2)cc1. The molecule has 1 N–H and O–H groups in total. The number of nitrogens with zero attached hydrogens (tertiary/aromatic N) is 2. The van der Waals surface area contributed by atoms with Crippen molar-refractivity contribution in [2.75, 3.05) is 17.5 Å². The Labute approximate surface area is 277 Å². The lowest BCUT2D eigenvalue weighted by Gasteiger charge is -2.35. The molecule has 0 saturated heterocycles. The molecule has 0 aliphatic carbocycles. The van der Waals surface area contributed by atoms with Gasteiger partial charge in [-0.05, 0) is 99.8 Å². The third-order valence-corrected chi connectivity index (χ3v) is 9.28. The van der Waals surface area contributed by atoms with Crippen LogP contribution in [-0.2, 0) is 32.6 Å². The van der Waals surface area contributed by atoms with Crippen molar-refractivity contribution in [1.29, 1.82) is 0 Å². The maximum Gasteiger partial charge on any atom is 0.264 e. The molecule has 0 radical (unpaired) electrons. The van der Waals surface area contributed by atoms with Gasteiger partial charge in [0.15, 0.2) is 0 Å². The fourth-order valence-electron chi connectivity index (χ4n) is 5.12. The molecule has 4 aromatic rings. The molecule has 0 aliphatic heterocycles. The normalized spacial score (nSPS) is 12.2. The van der Waals surface area contributed by atoms with Crippen molar-refractivity contribution < 1.29 is 27.1 Å². The van der Waals surface area contributed by atoms with Gasteiger partial charge in [-0.15, -0.1) is 0 Å². The van der Waals surface area contributed by atoms with Crippen molar-refractivity contribution in [3.63, 3.8) is 0 Å². The Hall–Kier alpha value is -4.70. The second-order valence-electron chi connectivity index (χ2n) is 12.3. The number of aryl methyl sites for hydroxylation is 1. The van der Waals surface area contributed by atoms with Crippen LogP contribution in [0.5, 0.6) is 5.75 Å². The van der Waals surface area contributed by atoms with Crippen molar-refractivity contribution in [3.05, 3.63) is 126 Å². The van der Waals surface area contributed by atoms with Crippen molar-refractivity contribution in [1.82, 2.24) is 10.2 Å². The lowest BCUT2D eigenvalue weighted by molar-refractivity contribution is -0.140. The van der Waals surface area contributed by atoms with Gasteiger partial charge < -0.3 is 15.0 Å². The molecule has 0 spiro atoms. The van der Waals surface area contributed by atoms with Gasteiger partial charge in [-0.3, -0.25) is 13.9 Å². The highest BCUT2D eigenvalue weighted by Gasteiger charge is 2.35. The molecule has 0 fully saturated rings. The van der Waals surface area contributed by atoms with Crippen molar-refractivity contribution in [2.24, 2.45) is 0 Å². The van der Waals surface area contributed by atoms with Gasteiger partial charge in [0.25, 0.3) is 10.0 Å². The lowest BCUT2D eigenvalue weighted by atomic mass is 10.00. The third kappa shape index (κ3) is 9.42. The predicted molar refractivity (Wildman–Crippen MR) is 182 cm³/mol. The molecular formula is C37H42FN3O5S. The van der Waals surface area contributed by atoms with Gasteiger partial charge in [-0.2, -0.15) is 0 Å². The number of sulfonamides is 1. The van der Waals surface area contributed by atoms with E-state index in [2.05, 4.69) is 5.32 Å². The maximum absolute atomic E-state index is 14.6. The van der Waals surface area contributed by atoms with Gasteiger partial charge in [0, 0.05) is 18.5 Å². The summed E-state index contributed by atoms with van der Waals surface area (Å²) >= 11 is 0. The van der Waals surface area contributed by atoms with E-state index in [1.54, 1.807) is 24.3 Å². The molecule has 1 atom stereocenters. The molecule has 4 rings (SSSR count). The molecule has 0 heterocycles. The molecule has 0 aliphatic rings. The third-order valence-electron chi connectivity index (χ3n) is 7.49. The summed E-state index contributed by atoms with van der Waals surface area (Å²) in [5, 5.41) is 3.03. The number of ether oxygens (including phenoxy) is 1. The lowest BCUT2D eigenvalue weighted by Crippen LogP contribution is -2.56. The molecule has 0 bridgehead atoms. The zero-order chi connectivity index (χ0) is 34.2. The van der Waals surface area contributed by atoms with Crippen LogP contribution in [-0.4, -0.2) is 49.9 Å². The van der Waals surface area contributed by atoms with Crippen molar-refractivity contribution in [2.45, 2.75) is 64.1 Å². The first-order chi connectivity index (χ1) is 22.3. The number of amides is 2. The molecule has 4 aromatic carbocycles. The molecule has 248 valence electrons. The summed E-state index contributed by atoms with van der Waals surface area (Å²) in [5.74, 6) is -1.01. The Bertz CT molecular complexity index is 1760. The molecule has 8 nitrogen and oxygen atoms in total. The van der Waals surface area contributed by atoms with E-state index in [9.17, 15) is 22.4 Å². The van der Waals surface area contributed by atoms with E-state index in [-0.39, 0.29) is 29.5 Å². The average Bonchev–Trinajstić information content (AvgIpc) is 3.02. The monoisotopic (exact) mass is 659 g/mol. The van der Waals surface area contributed by atoms with Crippen LogP contribution in [0.1, 0.15) is 44.4 Å². The van der Waals surface area contributed by atoms with Crippen LogP contribution >= 0.6 is 0 Å². The number of carbonyl (C=O) groups is 2. The Morgan fingerprint density at radius 3 is 2.09 bits per heavy atom. The van der Waals surface area contributed by atoms with Crippen LogP contribution in [0.3, 0.4) is 0 Å². The highest BCUT2D eigenvalue weighted by atomic mass is 32.2. The number of carbonyl (C=O) groups excluding carboxylic acids is 2. The fraction of sp³-hybridized carbons (Fsp3) is 0.297. The molecule has 47 heavy (non-hydrogen) atoms. The topological polar surface area (TPSA) is 96.0 Å². The first-order valence-corrected chi connectivity index (χ1v) is 16.9. The van der Waals surface area contributed by atoms with Crippen LogP contribution in [0.4, 0.5) is 10.1 Å². The van der Waals surface area contributed by atoms with E-state index in [0.29, 0.717) is 12.4 Å². The highest BCUT2D eigenvalue weighted by molar-refractivity contribution is 7.92. The van der Waals surface area contributed by atoms with E-state index < -0.39 is 39.9 Å². The van der Waals surface area contributed by atoms with Crippen LogP contribution in [0, 0.1) is 12.7 Å². The zero-order valence-corrected chi connectivity index (χ0v) is 28.3. The molecule has 0 unspecified atom stereocenters. The summed E-state index contributed by atoms with van der Waals surface area (Å²) in [4.78, 5) is 29.9. The van der Waals surface area contributed by atoms with E-state index >= 15 is 0 Å². The summed E-state index contributed by atoms with van der Waals surface area (Å²) in [6.07, 6.45) is 0.203. The van der Waals surface area contributed by atoms with Crippen LogP contribution in [0.2, 0.25) is 0 Å². The second-order valence-corrected chi connectivity index (χ2v) is 14.1. The first-order valence-electron chi connectivity index (χ1n) is 15.5. The Morgan fingerprint density at radius 2 is 1.49 bits per heavy atom. The summed E-state index contributed by atoms with van der Waals surface area (Å²) < 4.78 is 48.6. The van der Waals surface area contributed by atoms with Crippen LogP contribution in [0.25, 0.3) is 0 Å². The van der Waals surface area contributed by atoms with Gasteiger partial charge in [0.2, 0.25) is 11.8 Å².